The molecule has 0 saturated heterocycles. The number of carbonyl (C=O) groups excluding carboxylic acids is 1. The highest BCUT2D eigenvalue weighted by atomic mass is 35.5. The van der Waals surface area contributed by atoms with Crippen LogP contribution in [0, 0.1) is 0 Å². The molecule has 2 aromatic rings. The van der Waals surface area contributed by atoms with Crippen LogP contribution >= 0.6 is 11.6 Å². The summed E-state index contributed by atoms with van der Waals surface area (Å²) < 4.78 is 5.38. The monoisotopic (exact) mass is 260 g/mol. The van der Waals surface area contributed by atoms with E-state index in [4.69, 9.17) is 16.3 Å². The van der Waals surface area contributed by atoms with E-state index in [1.165, 1.54) is 0 Å². The topological polar surface area (TPSA) is 26.3 Å². The van der Waals surface area contributed by atoms with Gasteiger partial charge in [-0.1, -0.05) is 35.9 Å². The maximum Gasteiger partial charge on any atom is 0.194 e. The van der Waals surface area contributed by atoms with Crippen molar-refractivity contribution in [3.8, 4) is 5.75 Å². The highest BCUT2D eigenvalue weighted by molar-refractivity contribution is 6.34. The first-order valence-corrected chi connectivity index (χ1v) is 6.12. The lowest BCUT2D eigenvalue weighted by molar-refractivity contribution is 0.103. The van der Waals surface area contributed by atoms with E-state index in [0.717, 1.165) is 0 Å². The average Bonchev–Trinajstić information content (AvgIpc) is 2.39. The van der Waals surface area contributed by atoms with Gasteiger partial charge in [0.2, 0.25) is 0 Å². The van der Waals surface area contributed by atoms with Crippen LogP contribution < -0.4 is 4.74 Å². The highest BCUT2D eigenvalue weighted by Gasteiger charge is 2.12. The predicted molar refractivity (Wildman–Crippen MR) is 72.5 cm³/mol. The third-order valence-electron chi connectivity index (χ3n) is 2.53. The van der Waals surface area contributed by atoms with Crippen LogP contribution in [0.1, 0.15) is 22.8 Å². The molecule has 92 valence electrons. The lowest BCUT2D eigenvalue weighted by Gasteiger charge is -2.06. The number of hydrogen-bond acceptors (Lipinski definition) is 2. The minimum atomic E-state index is -0.0952. The van der Waals surface area contributed by atoms with Crippen molar-refractivity contribution in [1.29, 1.82) is 0 Å². The first-order chi connectivity index (χ1) is 8.72. The van der Waals surface area contributed by atoms with E-state index in [1.54, 1.807) is 42.5 Å². The zero-order chi connectivity index (χ0) is 13.0. The molecule has 18 heavy (non-hydrogen) atoms. The van der Waals surface area contributed by atoms with Crippen LogP contribution in [0.2, 0.25) is 5.02 Å². The SMILES string of the molecule is CCOc1cccc(C(=O)c2ccccc2Cl)c1. The standard InChI is InChI=1S/C15H13ClO2/c1-2-18-12-7-5-6-11(10-12)15(17)13-8-3-4-9-14(13)16/h3-10H,2H2,1H3. The van der Waals surface area contributed by atoms with Gasteiger partial charge in [0.15, 0.2) is 5.78 Å². The molecule has 0 aliphatic carbocycles. The Labute approximate surface area is 111 Å². The molecule has 0 bridgehead atoms. The van der Waals surface area contributed by atoms with E-state index in [0.29, 0.717) is 28.5 Å². The number of ketones is 1. The van der Waals surface area contributed by atoms with Gasteiger partial charge in [-0.3, -0.25) is 4.79 Å². The van der Waals surface area contributed by atoms with Gasteiger partial charge in [0.05, 0.1) is 11.6 Å². The summed E-state index contributed by atoms with van der Waals surface area (Å²) in [4.78, 5) is 12.3. The van der Waals surface area contributed by atoms with E-state index in [2.05, 4.69) is 0 Å². The molecule has 2 nitrogen and oxygen atoms in total. The van der Waals surface area contributed by atoms with Crippen LogP contribution in [0.3, 0.4) is 0 Å². The van der Waals surface area contributed by atoms with E-state index in [1.807, 2.05) is 13.0 Å². The predicted octanol–water partition coefficient (Wildman–Crippen LogP) is 3.97. The molecule has 0 fully saturated rings. The van der Waals surface area contributed by atoms with Crippen LogP contribution in [-0.4, -0.2) is 12.4 Å². The van der Waals surface area contributed by atoms with Gasteiger partial charge in [0.1, 0.15) is 5.75 Å². The van der Waals surface area contributed by atoms with Gasteiger partial charge in [-0.05, 0) is 31.2 Å². The van der Waals surface area contributed by atoms with Crippen molar-refractivity contribution in [2.75, 3.05) is 6.61 Å². The van der Waals surface area contributed by atoms with E-state index < -0.39 is 0 Å². The molecule has 0 aromatic heterocycles. The fraction of sp³-hybridized carbons (Fsp3) is 0.133. The van der Waals surface area contributed by atoms with Crippen LogP contribution in [0.4, 0.5) is 0 Å². The van der Waals surface area contributed by atoms with Gasteiger partial charge >= 0.3 is 0 Å². The average molecular weight is 261 g/mol. The van der Waals surface area contributed by atoms with Crippen molar-refractivity contribution in [3.63, 3.8) is 0 Å². The van der Waals surface area contributed by atoms with Crippen molar-refractivity contribution in [2.24, 2.45) is 0 Å². The smallest absolute Gasteiger partial charge is 0.194 e. The molecule has 3 heteroatoms. The Morgan fingerprint density at radius 1 is 1.17 bits per heavy atom. The number of carbonyl (C=O) groups is 1. The van der Waals surface area contributed by atoms with Gasteiger partial charge in [0, 0.05) is 11.1 Å². The van der Waals surface area contributed by atoms with E-state index >= 15 is 0 Å². The Morgan fingerprint density at radius 3 is 2.67 bits per heavy atom. The zero-order valence-corrected chi connectivity index (χ0v) is 10.8. The molecule has 0 atom stereocenters. The molecule has 0 saturated carbocycles. The van der Waals surface area contributed by atoms with E-state index in [-0.39, 0.29) is 5.78 Å². The van der Waals surface area contributed by atoms with Gasteiger partial charge in [-0.25, -0.2) is 0 Å². The second kappa shape index (κ2) is 5.69. The normalized spacial score (nSPS) is 10.1. The molecule has 0 radical (unpaired) electrons. The molecule has 0 unspecified atom stereocenters. The fourth-order valence-electron chi connectivity index (χ4n) is 1.69. The van der Waals surface area contributed by atoms with Gasteiger partial charge in [-0.15, -0.1) is 0 Å². The second-order valence-corrected chi connectivity index (χ2v) is 4.18. The van der Waals surface area contributed by atoms with Crippen LogP contribution in [0.5, 0.6) is 5.75 Å². The number of hydrogen-bond donors (Lipinski definition) is 0. The van der Waals surface area contributed by atoms with Gasteiger partial charge in [-0.2, -0.15) is 0 Å². The number of rotatable bonds is 4. The van der Waals surface area contributed by atoms with Gasteiger partial charge < -0.3 is 4.74 Å². The molecule has 0 N–H and O–H groups in total. The first kappa shape index (κ1) is 12.7. The molecule has 0 heterocycles. The summed E-state index contributed by atoms with van der Waals surface area (Å²) in [6.45, 7) is 2.48. The Hall–Kier alpha value is -1.80. The number of halogens is 1. The summed E-state index contributed by atoms with van der Waals surface area (Å²) in [5, 5.41) is 0.462. The zero-order valence-electron chi connectivity index (χ0n) is 10.0. The third-order valence-corrected chi connectivity index (χ3v) is 2.86. The summed E-state index contributed by atoms with van der Waals surface area (Å²) in [5.41, 5.74) is 1.09. The van der Waals surface area contributed by atoms with E-state index in [9.17, 15) is 4.79 Å². The molecule has 0 amide bonds. The molecule has 0 spiro atoms. The third kappa shape index (κ3) is 2.71. The van der Waals surface area contributed by atoms with Crippen molar-refractivity contribution < 1.29 is 9.53 Å². The summed E-state index contributed by atoms with van der Waals surface area (Å²) in [5.74, 6) is 0.595. The fourth-order valence-corrected chi connectivity index (χ4v) is 1.92. The number of ether oxygens (including phenoxy) is 1. The second-order valence-electron chi connectivity index (χ2n) is 3.77. The van der Waals surface area contributed by atoms with Crippen molar-refractivity contribution in [3.05, 3.63) is 64.7 Å². The van der Waals surface area contributed by atoms with Crippen molar-refractivity contribution in [2.45, 2.75) is 6.92 Å². The summed E-state index contributed by atoms with van der Waals surface area (Å²) in [7, 11) is 0. The molecule has 0 aliphatic rings. The van der Waals surface area contributed by atoms with Crippen LogP contribution in [0.25, 0.3) is 0 Å². The summed E-state index contributed by atoms with van der Waals surface area (Å²) in [6.07, 6.45) is 0. The Bertz CT molecular complexity index is 564. The largest absolute Gasteiger partial charge is 0.494 e. The first-order valence-electron chi connectivity index (χ1n) is 5.74. The van der Waals surface area contributed by atoms with Crippen molar-refractivity contribution >= 4 is 17.4 Å². The lowest BCUT2D eigenvalue weighted by Crippen LogP contribution is -2.02. The molecular weight excluding hydrogens is 248 g/mol. The minimum absolute atomic E-state index is 0.0952. The summed E-state index contributed by atoms with van der Waals surface area (Å²) >= 11 is 6.02. The van der Waals surface area contributed by atoms with Crippen LogP contribution in [-0.2, 0) is 0 Å². The quantitative estimate of drug-likeness (QED) is 0.778. The Morgan fingerprint density at radius 2 is 1.94 bits per heavy atom. The molecule has 2 aromatic carbocycles. The Balaban J connectivity index is 2.34. The van der Waals surface area contributed by atoms with Crippen LogP contribution in [0.15, 0.2) is 48.5 Å². The number of benzene rings is 2. The van der Waals surface area contributed by atoms with Crippen molar-refractivity contribution in [1.82, 2.24) is 0 Å². The van der Waals surface area contributed by atoms with Gasteiger partial charge in [0.25, 0.3) is 0 Å². The molecule has 0 aliphatic heterocycles. The maximum absolute atomic E-state index is 12.3. The lowest BCUT2D eigenvalue weighted by atomic mass is 10.0. The highest BCUT2D eigenvalue weighted by Crippen LogP contribution is 2.21. The minimum Gasteiger partial charge on any atom is -0.494 e. The maximum atomic E-state index is 12.3. The Kier molecular flexibility index (Phi) is 4.00. The summed E-state index contributed by atoms with van der Waals surface area (Å²) in [6, 6.07) is 14.1. The molecular formula is C15H13ClO2. The molecule has 2 rings (SSSR count).